The molecular weight excluding hydrogens is 174 g/mol. The highest BCUT2D eigenvalue weighted by Gasteiger charge is 2.04. The fourth-order valence-corrected chi connectivity index (χ4v) is 1.64. The second-order valence-electron chi connectivity index (χ2n) is 3.59. The van der Waals surface area contributed by atoms with Crippen LogP contribution in [-0.2, 0) is 0 Å². The van der Waals surface area contributed by atoms with Crippen molar-refractivity contribution < 1.29 is 5.11 Å². The van der Waals surface area contributed by atoms with Gasteiger partial charge in [0.05, 0.1) is 11.6 Å². The monoisotopic (exact) mass is 187 g/mol. The van der Waals surface area contributed by atoms with E-state index in [2.05, 4.69) is 4.98 Å². The van der Waals surface area contributed by atoms with E-state index < -0.39 is 6.10 Å². The summed E-state index contributed by atoms with van der Waals surface area (Å²) in [6.07, 6.45) is 1.37. The van der Waals surface area contributed by atoms with Crippen molar-refractivity contribution in [3.63, 3.8) is 0 Å². The van der Waals surface area contributed by atoms with Crippen molar-refractivity contribution >= 4 is 10.9 Å². The minimum atomic E-state index is -0.418. The zero-order valence-corrected chi connectivity index (χ0v) is 8.36. The van der Waals surface area contributed by atoms with Crippen molar-refractivity contribution in [2.75, 3.05) is 0 Å². The van der Waals surface area contributed by atoms with E-state index in [0.717, 1.165) is 22.0 Å². The molecule has 2 nitrogen and oxygen atoms in total. The maximum Gasteiger partial charge on any atom is 0.0762 e. The lowest BCUT2D eigenvalue weighted by atomic mass is 10.0. The molecule has 0 bridgehead atoms. The molecule has 2 heteroatoms. The molecule has 0 aliphatic carbocycles. The van der Waals surface area contributed by atoms with Gasteiger partial charge in [0.25, 0.3) is 0 Å². The van der Waals surface area contributed by atoms with E-state index in [1.54, 1.807) is 13.1 Å². The van der Waals surface area contributed by atoms with Crippen LogP contribution in [0.15, 0.2) is 30.5 Å². The molecule has 0 saturated carbocycles. The first-order valence-corrected chi connectivity index (χ1v) is 4.72. The highest BCUT2D eigenvalue weighted by Crippen LogP contribution is 2.22. The van der Waals surface area contributed by atoms with Crippen LogP contribution in [-0.4, -0.2) is 10.1 Å². The molecule has 0 aliphatic rings. The lowest BCUT2D eigenvalue weighted by Crippen LogP contribution is -1.93. The summed E-state index contributed by atoms with van der Waals surface area (Å²) >= 11 is 0. The van der Waals surface area contributed by atoms with Crippen LogP contribution in [0.2, 0.25) is 0 Å². The lowest BCUT2D eigenvalue weighted by Gasteiger charge is -2.08. The summed E-state index contributed by atoms with van der Waals surface area (Å²) in [6, 6.07) is 7.90. The van der Waals surface area contributed by atoms with Gasteiger partial charge >= 0.3 is 0 Å². The van der Waals surface area contributed by atoms with E-state index in [9.17, 15) is 5.11 Å². The zero-order valence-electron chi connectivity index (χ0n) is 8.36. The summed E-state index contributed by atoms with van der Waals surface area (Å²) in [5.41, 5.74) is 3.07. The number of rotatable bonds is 1. The quantitative estimate of drug-likeness (QED) is 0.744. The number of fused-ring (bicyclic) bond motifs is 1. The van der Waals surface area contributed by atoms with Gasteiger partial charge in [-0.15, -0.1) is 0 Å². The Kier molecular flexibility index (Phi) is 2.22. The van der Waals surface area contributed by atoms with Gasteiger partial charge < -0.3 is 5.11 Å². The van der Waals surface area contributed by atoms with Crippen LogP contribution in [0.1, 0.15) is 24.2 Å². The summed E-state index contributed by atoms with van der Waals surface area (Å²) in [6.45, 7) is 3.79. The highest BCUT2D eigenvalue weighted by atomic mass is 16.3. The Bertz CT molecular complexity index is 463. The Morgan fingerprint density at radius 3 is 2.86 bits per heavy atom. The van der Waals surface area contributed by atoms with Crippen LogP contribution < -0.4 is 0 Å². The number of pyridine rings is 1. The number of aliphatic hydroxyl groups excluding tert-OH is 1. The third-order valence-electron chi connectivity index (χ3n) is 2.40. The normalized spacial score (nSPS) is 13.1. The predicted molar refractivity (Wildman–Crippen MR) is 57.1 cm³/mol. The largest absolute Gasteiger partial charge is 0.389 e. The maximum absolute atomic E-state index is 9.49. The van der Waals surface area contributed by atoms with Crippen LogP contribution in [0, 0.1) is 6.92 Å². The van der Waals surface area contributed by atoms with E-state index in [-0.39, 0.29) is 0 Å². The van der Waals surface area contributed by atoms with Gasteiger partial charge in [0, 0.05) is 11.6 Å². The van der Waals surface area contributed by atoms with Gasteiger partial charge in [-0.2, -0.15) is 0 Å². The van der Waals surface area contributed by atoms with Crippen LogP contribution in [0.25, 0.3) is 10.9 Å². The predicted octanol–water partition coefficient (Wildman–Crippen LogP) is 2.60. The molecule has 1 aromatic carbocycles. The van der Waals surface area contributed by atoms with Crippen LogP contribution in [0.4, 0.5) is 0 Å². The van der Waals surface area contributed by atoms with Gasteiger partial charge in [-0.1, -0.05) is 12.1 Å². The van der Waals surface area contributed by atoms with Crippen molar-refractivity contribution in [2.45, 2.75) is 20.0 Å². The van der Waals surface area contributed by atoms with E-state index >= 15 is 0 Å². The molecule has 2 aromatic rings. The molecule has 0 spiro atoms. The summed E-state index contributed by atoms with van der Waals surface area (Å²) in [4.78, 5) is 4.30. The van der Waals surface area contributed by atoms with Crippen LogP contribution in [0.3, 0.4) is 0 Å². The van der Waals surface area contributed by atoms with E-state index in [1.165, 1.54) is 0 Å². The number of nitrogens with zero attached hydrogens (tertiary/aromatic N) is 1. The molecule has 0 aliphatic heterocycles. The standard InChI is InChI=1S/C12H13NO/c1-8-6-11(9(2)14)7-10-4-3-5-13-12(8)10/h3-7,9,14H,1-2H3. The van der Waals surface area contributed by atoms with Crippen LogP contribution in [0.5, 0.6) is 0 Å². The summed E-state index contributed by atoms with van der Waals surface area (Å²) in [5.74, 6) is 0. The summed E-state index contributed by atoms with van der Waals surface area (Å²) in [7, 11) is 0. The molecule has 72 valence electrons. The van der Waals surface area contributed by atoms with Crippen molar-refractivity contribution in [3.05, 3.63) is 41.6 Å². The molecule has 0 saturated heterocycles. The zero-order chi connectivity index (χ0) is 10.1. The molecule has 0 amide bonds. The van der Waals surface area contributed by atoms with Gasteiger partial charge in [-0.25, -0.2) is 0 Å². The molecule has 1 heterocycles. The Morgan fingerprint density at radius 1 is 1.36 bits per heavy atom. The average Bonchev–Trinajstić information content (AvgIpc) is 2.17. The first kappa shape index (κ1) is 9.16. The topological polar surface area (TPSA) is 33.1 Å². The number of benzene rings is 1. The molecule has 0 radical (unpaired) electrons. The number of aliphatic hydroxyl groups is 1. The third-order valence-corrected chi connectivity index (χ3v) is 2.40. The molecule has 1 N–H and O–H groups in total. The Morgan fingerprint density at radius 2 is 2.14 bits per heavy atom. The minimum Gasteiger partial charge on any atom is -0.389 e. The number of hydrogen-bond donors (Lipinski definition) is 1. The minimum absolute atomic E-state index is 0.418. The van der Waals surface area contributed by atoms with Gasteiger partial charge in [0.1, 0.15) is 0 Å². The van der Waals surface area contributed by atoms with E-state index in [0.29, 0.717) is 0 Å². The number of aryl methyl sites for hydroxylation is 1. The first-order valence-electron chi connectivity index (χ1n) is 4.72. The SMILES string of the molecule is Cc1cc(C(C)O)cc2cccnc12. The van der Waals surface area contributed by atoms with Crippen LogP contribution >= 0.6 is 0 Å². The van der Waals surface area contributed by atoms with Crippen molar-refractivity contribution in [1.29, 1.82) is 0 Å². The third kappa shape index (κ3) is 1.49. The van der Waals surface area contributed by atoms with Crippen molar-refractivity contribution in [2.24, 2.45) is 0 Å². The van der Waals surface area contributed by atoms with Crippen molar-refractivity contribution in [3.8, 4) is 0 Å². The Balaban J connectivity index is 2.72. The fraction of sp³-hybridized carbons (Fsp3) is 0.250. The smallest absolute Gasteiger partial charge is 0.0762 e. The molecule has 0 fully saturated rings. The molecule has 1 unspecified atom stereocenters. The number of aromatic nitrogens is 1. The van der Waals surface area contributed by atoms with Gasteiger partial charge in [0.2, 0.25) is 0 Å². The van der Waals surface area contributed by atoms with Gasteiger partial charge in [-0.05, 0) is 37.1 Å². The fourth-order valence-electron chi connectivity index (χ4n) is 1.64. The van der Waals surface area contributed by atoms with E-state index in [4.69, 9.17) is 0 Å². The highest BCUT2D eigenvalue weighted by molar-refractivity contribution is 5.82. The summed E-state index contributed by atoms with van der Waals surface area (Å²) < 4.78 is 0. The average molecular weight is 187 g/mol. The van der Waals surface area contributed by atoms with Gasteiger partial charge in [-0.3, -0.25) is 4.98 Å². The molecule has 1 aromatic heterocycles. The number of hydrogen-bond acceptors (Lipinski definition) is 2. The van der Waals surface area contributed by atoms with Gasteiger partial charge in [0.15, 0.2) is 0 Å². The Hall–Kier alpha value is -1.41. The lowest BCUT2D eigenvalue weighted by molar-refractivity contribution is 0.199. The molecule has 14 heavy (non-hydrogen) atoms. The van der Waals surface area contributed by atoms with E-state index in [1.807, 2.05) is 31.2 Å². The summed E-state index contributed by atoms with van der Waals surface area (Å²) in [5, 5.41) is 10.6. The molecular formula is C12H13NO. The van der Waals surface area contributed by atoms with Crippen molar-refractivity contribution in [1.82, 2.24) is 4.98 Å². The second-order valence-corrected chi connectivity index (χ2v) is 3.59. The molecule has 1 atom stereocenters. The molecule has 2 rings (SSSR count). The first-order chi connectivity index (χ1) is 6.68. The maximum atomic E-state index is 9.49. The second kappa shape index (κ2) is 3.39. The Labute approximate surface area is 83.2 Å².